The summed E-state index contributed by atoms with van der Waals surface area (Å²) in [5.41, 5.74) is 7.27. The average molecular weight is 452 g/mol. The Bertz CT molecular complexity index is 995. The maximum Gasteiger partial charge on any atom is 0.271 e. The third kappa shape index (κ3) is 5.08. The molecule has 1 aromatic heterocycles. The van der Waals surface area contributed by atoms with E-state index in [0.29, 0.717) is 30.1 Å². The van der Waals surface area contributed by atoms with Crippen molar-refractivity contribution < 1.29 is 9.59 Å². The van der Waals surface area contributed by atoms with Gasteiger partial charge in [-0.15, -0.1) is 0 Å². The fraction of sp³-hybridized carbons (Fsp3) is 0.500. The van der Waals surface area contributed by atoms with E-state index in [0.717, 1.165) is 43.6 Å². The standard InChI is InChI=1S/C24H33N7O2/c1-26-18-7-3-4-8-19(18)30(2)20-15-27-22(23(25)33)24(29-20)28-16-10-12-17(13-11-16)31-14-6-5-9-21(31)32/h10-13,15,18-19,26H,3-9,14H2,1-2H3,(H2,25,33)(H,28,29)/t18-,19+/m0/s1. The number of likely N-dealkylation sites (N-methyl/N-ethyl adjacent to an activating group) is 2. The second-order valence-electron chi connectivity index (χ2n) is 8.82. The SMILES string of the molecule is CN[C@H]1CCCC[C@H]1N(C)c1cnc(C(N)=O)c(Nc2ccc(N3CCCCC3=O)cc2)n1. The number of piperidine rings is 1. The lowest BCUT2D eigenvalue weighted by Gasteiger charge is -2.38. The predicted molar refractivity (Wildman–Crippen MR) is 130 cm³/mol. The molecule has 176 valence electrons. The quantitative estimate of drug-likeness (QED) is 0.593. The summed E-state index contributed by atoms with van der Waals surface area (Å²) < 4.78 is 0. The number of hydrogen-bond donors (Lipinski definition) is 3. The molecule has 2 atom stereocenters. The van der Waals surface area contributed by atoms with E-state index in [2.05, 4.69) is 20.5 Å². The van der Waals surface area contributed by atoms with Gasteiger partial charge < -0.3 is 26.2 Å². The summed E-state index contributed by atoms with van der Waals surface area (Å²) in [6.45, 7) is 0.742. The molecule has 1 aliphatic carbocycles. The number of benzene rings is 1. The molecule has 2 amide bonds. The first-order valence-corrected chi connectivity index (χ1v) is 11.7. The molecule has 0 unspecified atom stereocenters. The molecule has 9 heteroatoms. The zero-order chi connectivity index (χ0) is 23.4. The summed E-state index contributed by atoms with van der Waals surface area (Å²) in [5, 5.41) is 6.61. The number of aromatic nitrogens is 2. The maximum absolute atomic E-state index is 12.2. The molecule has 4 N–H and O–H groups in total. The first-order valence-electron chi connectivity index (χ1n) is 11.7. The molecule has 0 bridgehead atoms. The van der Waals surface area contributed by atoms with Crippen molar-refractivity contribution in [1.82, 2.24) is 15.3 Å². The van der Waals surface area contributed by atoms with Crippen LogP contribution in [0.4, 0.5) is 23.0 Å². The van der Waals surface area contributed by atoms with Crippen LogP contribution in [-0.4, -0.2) is 54.5 Å². The van der Waals surface area contributed by atoms with E-state index in [-0.39, 0.29) is 11.6 Å². The Morgan fingerprint density at radius 1 is 1.15 bits per heavy atom. The van der Waals surface area contributed by atoms with Crippen LogP contribution in [0.1, 0.15) is 55.4 Å². The van der Waals surface area contributed by atoms with E-state index in [1.807, 2.05) is 43.3 Å². The lowest BCUT2D eigenvalue weighted by Crippen LogP contribution is -2.49. The Balaban J connectivity index is 1.56. The van der Waals surface area contributed by atoms with Crippen molar-refractivity contribution in [1.29, 1.82) is 0 Å². The molecule has 33 heavy (non-hydrogen) atoms. The van der Waals surface area contributed by atoms with Gasteiger partial charge in [0, 0.05) is 43.5 Å². The number of carbonyl (C=O) groups is 2. The first kappa shape index (κ1) is 23.0. The predicted octanol–water partition coefficient (Wildman–Crippen LogP) is 2.80. The third-order valence-electron chi connectivity index (χ3n) is 6.72. The summed E-state index contributed by atoms with van der Waals surface area (Å²) >= 11 is 0. The van der Waals surface area contributed by atoms with Crippen LogP contribution in [0.5, 0.6) is 0 Å². The van der Waals surface area contributed by atoms with Gasteiger partial charge in [0.1, 0.15) is 5.82 Å². The Hall–Kier alpha value is -3.20. The van der Waals surface area contributed by atoms with Crippen molar-refractivity contribution in [3.63, 3.8) is 0 Å². The molecular formula is C24H33N7O2. The highest BCUT2D eigenvalue weighted by Crippen LogP contribution is 2.28. The van der Waals surface area contributed by atoms with E-state index in [4.69, 9.17) is 10.7 Å². The second-order valence-corrected chi connectivity index (χ2v) is 8.82. The van der Waals surface area contributed by atoms with Crippen molar-refractivity contribution in [2.24, 2.45) is 5.73 Å². The van der Waals surface area contributed by atoms with Gasteiger partial charge >= 0.3 is 0 Å². The average Bonchev–Trinajstić information content (AvgIpc) is 2.84. The van der Waals surface area contributed by atoms with Gasteiger partial charge in [-0.2, -0.15) is 0 Å². The minimum atomic E-state index is -0.638. The summed E-state index contributed by atoms with van der Waals surface area (Å²) in [6, 6.07) is 8.22. The number of hydrogen-bond acceptors (Lipinski definition) is 7. The van der Waals surface area contributed by atoms with Gasteiger partial charge in [-0.25, -0.2) is 9.97 Å². The monoisotopic (exact) mass is 451 g/mol. The Morgan fingerprint density at radius 2 is 1.91 bits per heavy atom. The van der Waals surface area contributed by atoms with Crippen LogP contribution < -0.4 is 26.2 Å². The van der Waals surface area contributed by atoms with Gasteiger partial charge in [-0.3, -0.25) is 9.59 Å². The molecule has 2 aliphatic rings. The Labute approximate surface area is 194 Å². The number of nitrogens with two attached hydrogens (primary N) is 1. The molecule has 0 spiro atoms. The molecule has 1 saturated carbocycles. The molecule has 1 saturated heterocycles. The van der Waals surface area contributed by atoms with Crippen LogP contribution in [0.25, 0.3) is 0 Å². The second kappa shape index (κ2) is 10.2. The summed E-state index contributed by atoms with van der Waals surface area (Å²) in [5.74, 6) is 0.526. The minimum absolute atomic E-state index is 0.0937. The summed E-state index contributed by atoms with van der Waals surface area (Å²) in [4.78, 5) is 37.2. The number of nitrogens with one attached hydrogen (secondary N) is 2. The van der Waals surface area contributed by atoms with Crippen molar-refractivity contribution in [3.05, 3.63) is 36.2 Å². The fourth-order valence-corrected chi connectivity index (χ4v) is 4.84. The van der Waals surface area contributed by atoms with E-state index >= 15 is 0 Å². The van der Waals surface area contributed by atoms with Crippen LogP contribution in [0.3, 0.4) is 0 Å². The maximum atomic E-state index is 12.2. The summed E-state index contributed by atoms with van der Waals surface area (Å²) in [6.07, 6.45) is 8.75. The van der Waals surface area contributed by atoms with E-state index in [1.54, 1.807) is 6.20 Å². The molecule has 1 aliphatic heterocycles. The van der Waals surface area contributed by atoms with E-state index in [9.17, 15) is 9.59 Å². The zero-order valence-corrected chi connectivity index (χ0v) is 19.4. The van der Waals surface area contributed by atoms with Crippen molar-refractivity contribution in [3.8, 4) is 0 Å². The van der Waals surface area contributed by atoms with Gasteiger partial charge in [0.2, 0.25) is 5.91 Å². The lowest BCUT2D eigenvalue weighted by molar-refractivity contribution is -0.119. The number of nitrogens with zero attached hydrogens (tertiary/aromatic N) is 4. The van der Waals surface area contributed by atoms with Crippen molar-refractivity contribution in [2.75, 3.05) is 35.8 Å². The highest BCUT2D eigenvalue weighted by molar-refractivity contribution is 5.97. The van der Waals surface area contributed by atoms with Crippen LogP contribution in [-0.2, 0) is 4.79 Å². The molecule has 9 nitrogen and oxygen atoms in total. The first-order chi connectivity index (χ1) is 16.0. The molecule has 4 rings (SSSR count). The molecule has 2 aromatic rings. The van der Waals surface area contributed by atoms with Crippen LogP contribution in [0, 0.1) is 0 Å². The van der Waals surface area contributed by atoms with Crippen LogP contribution in [0.2, 0.25) is 0 Å². The van der Waals surface area contributed by atoms with E-state index < -0.39 is 5.91 Å². The molecule has 1 aromatic carbocycles. The van der Waals surface area contributed by atoms with Crippen LogP contribution >= 0.6 is 0 Å². The lowest BCUT2D eigenvalue weighted by atomic mass is 9.89. The number of rotatable bonds is 7. The topological polar surface area (TPSA) is 116 Å². The minimum Gasteiger partial charge on any atom is -0.364 e. The van der Waals surface area contributed by atoms with Crippen molar-refractivity contribution in [2.45, 2.75) is 57.0 Å². The van der Waals surface area contributed by atoms with E-state index in [1.165, 1.54) is 12.8 Å². The Morgan fingerprint density at radius 3 is 2.61 bits per heavy atom. The van der Waals surface area contributed by atoms with Crippen LogP contribution in [0.15, 0.2) is 30.5 Å². The van der Waals surface area contributed by atoms with Gasteiger partial charge in [-0.1, -0.05) is 12.8 Å². The highest BCUT2D eigenvalue weighted by atomic mass is 16.2. The number of anilines is 4. The molecule has 0 radical (unpaired) electrons. The van der Waals surface area contributed by atoms with Gasteiger partial charge in [0.25, 0.3) is 5.91 Å². The third-order valence-corrected chi connectivity index (χ3v) is 6.72. The Kier molecular flexibility index (Phi) is 7.08. The normalized spacial score (nSPS) is 21.0. The summed E-state index contributed by atoms with van der Waals surface area (Å²) in [7, 11) is 4.01. The molecular weight excluding hydrogens is 418 g/mol. The fourth-order valence-electron chi connectivity index (χ4n) is 4.84. The van der Waals surface area contributed by atoms with Crippen molar-refractivity contribution >= 4 is 34.8 Å². The smallest absolute Gasteiger partial charge is 0.271 e. The number of primary amides is 1. The zero-order valence-electron chi connectivity index (χ0n) is 19.4. The number of carbonyl (C=O) groups excluding carboxylic acids is 2. The molecule has 2 fully saturated rings. The van der Waals surface area contributed by atoms with Gasteiger partial charge in [0.15, 0.2) is 11.5 Å². The van der Waals surface area contributed by atoms with Gasteiger partial charge in [0.05, 0.1) is 6.20 Å². The number of amides is 2. The largest absolute Gasteiger partial charge is 0.364 e. The van der Waals surface area contributed by atoms with Gasteiger partial charge in [-0.05, 0) is 57.0 Å². The molecule has 2 heterocycles. The highest BCUT2D eigenvalue weighted by Gasteiger charge is 2.29.